The highest BCUT2D eigenvalue weighted by Crippen LogP contribution is 2.23. The number of nitrogens with one attached hydrogen (secondary N) is 1. The molecular weight excluding hydrogens is 413 g/mol. The van der Waals surface area contributed by atoms with E-state index < -0.39 is 5.91 Å². The molecule has 150 valence electrons. The number of benzene rings is 2. The number of hydrogen-bond donors (Lipinski definition) is 1. The van der Waals surface area contributed by atoms with Gasteiger partial charge in [-0.1, -0.05) is 35.3 Å². The average Bonchev–Trinajstić information content (AvgIpc) is 3.27. The Morgan fingerprint density at radius 2 is 1.86 bits per heavy atom. The summed E-state index contributed by atoms with van der Waals surface area (Å²) >= 11 is 11.8. The first-order valence-corrected chi connectivity index (χ1v) is 9.56. The zero-order valence-electron chi connectivity index (χ0n) is 15.8. The summed E-state index contributed by atoms with van der Waals surface area (Å²) in [5.74, 6) is -0.610. The minimum absolute atomic E-state index is 0.128. The zero-order valence-corrected chi connectivity index (χ0v) is 17.4. The van der Waals surface area contributed by atoms with E-state index in [-0.39, 0.29) is 23.5 Å². The number of hydrogen-bond acceptors (Lipinski definition) is 4. The molecular formula is C20H19Cl2N5O2. The first-order chi connectivity index (χ1) is 13.9. The average molecular weight is 432 g/mol. The van der Waals surface area contributed by atoms with Crippen molar-refractivity contribution in [1.29, 1.82) is 0 Å². The summed E-state index contributed by atoms with van der Waals surface area (Å²) in [6, 6.07) is 12.1. The second kappa shape index (κ2) is 9.07. The quantitative estimate of drug-likeness (QED) is 0.647. The summed E-state index contributed by atoms with van der Waals surface area (Å²) in [4.78, 5) is 30.2. The smallest absolute Gasteiger partial charge is 0.251 e. The van der Waals surface area contributed by atoms with Crippen LogP contribution in [0, 0.1) is 0 Å². The number of aromatic nitrogens is 3. The van der Waals surface area contributed by atoms with Crippen LogP contribution in [0.25, 0.3) is 5.69 Å². The van der Waals surface area contributed by atoms with Gasteiger partial charge in [-0.05, 0) is 42.8 Å². The van der Waals surface area contributed by atoms with Crippen molar-refractivity contribution in [3.8, 4) is 5.69 Å². The second-order valence-electron chi connectivity index (χ2n) is 6.42. The van der Waals surface area contributed by atoms with Crippen molar-refractivity contribution in [3.05, 3.63) is 76.3 Å². The van der Waals surface area contributed by atoms with E-state index >= 15 is 0 Å². The van der Waals surface area contributed by atoms with Crippen LogP contribution in [0.15, 0.2) is 55.1 Å². The van der Waals surface area contributed by atoms with Crippen LogP contribution >= 0.6 is 23.2 Å². The van der Waals surface area contributed by atoms with E-state index in [1.54, 1.807) is 29.0 Å². The lowest BCUT2D eigenvalue weighted by molar-refractivity contribution is -0.130. The molecule has 0 spiro atoms. The summed E-state index contributed by atoms with van der Waals surface area (Å²) in [7, 11) is 1.70. The van der Waals surface area contributed by atoms with Crippen LogP contribution in [0.2, 0.25) is 10.0 Å². The summed E-state index contributed by atoms with van der Waals surface area (Å²) in [6.45, 7) is 1.79. The van der Waals surface area contributed by atoms with Crippen LogP contribution in [-0.2, 0) is 4.79 Å². The normalized spacial score (nSPS) is 11.7. The van der Waals surface area contributed by atoms with Gasteiger partial charge in [-0.15, -0.1) is 0 Å². The molecule has 1 heterocycles. The maximum absolute atomic E-state index is 12.5. The standard InChI is InChI=1S/C20H19Cl2N5O2/c1-13(14-3-6-16(7-4-14)27-12-23-11-25-27)26(2)19(28)10-24-20(29)15-5-8-17(21)18(22)9-15/h3-9,11-13H,10H2,1-2H3,(H,24,29). The molecule has 2 amide bonds. The third kappa shape index (κ3) is 4.93. The molecule has 0 saturated heterocycles. The number of likely N-dealkylation sites (N-methyl/N-ethyl adjacent to an activating group) is 1. The fraction of sp³-hybridized carbons (Fsp3) is 0.200. The van der Waals surface area contributed by atoms with Crippen molar-refractivity contribution in [2.75, 3.05) is 13.6 Å². The maximum atomic E-state index is 12.5. The molecule has 1 atom stereocenters. The van der Waals surface area contributed by atoms with Crippen LogP contribution in [0.5, 0.6) is 0 Å². The summed E-state index contributed by atoms with van der Waals surface area (Å²) < 4.78 is 1.65. The first kappa shape index (κ1) is 20.8. The molecule has 0 radical (unpaired) electrons. The highest BCUT2D eigenvalue weighted by atomic mass is 35.5. The minimum Gasteiger partial charge on any atom is -0.343 e. The Hall–Kier alpha value is -2.90. The Morgan fingerprint density at radius 3 is 2.48 bits per heavy atom. The Morgan fingerprint density at radius 1 is 1.14 bits per heavy atom. The van der Waals surface area contributed by atoms with Crippen molar-refractivity contribution in [3.63, 3.8) is 0 Å². The molecule has 0 aliphatic rings. The third-order valence-corrected chi connectivity index (χ3v) is 5.35. The lowest BCUT2D eigenvalue weighted by atomic mass is 10.1. The van der Waals surface area contributed by atoms with Gasteiger partial charge in [0.1, 0.15) is 12.7 Å². The molecule has 2 aromatic carbocycles. The van der Waals surface area contributed by atoms with Crippen LogP contribution in [0.3, 0.4) is 0 Å². The van der Waals surface area contributed by atoms with Crippen LogP contribution < -0.4 is 5.32 Å². The number of halogens is 2. The molecule has 0 saturated carbocycles. The van der Waals surface area contributed by atoms with Crippen LogP contribution in [-0.4, -0.2) is 45.1 Å². The fourth-order valence-corrected chi connectivity index (χ4v) is 3.00. The van der Waals surface area contributed by atoms with E-state index in [2.05, 4.69) is 15.4 Å². The van der Waals surface area contributed by atoms with Gasteiger partial charge in [0.15, 0.2) is 0 Å². The third-order valence-electron chi connectivity index (χ3n) is 4.62. The molecule has 0 bridgehead atoms. The van der Waals surface area contributed by atoms with Gasteiger partial charge in [0.05, 0.1) is 28.3 Å². The summed E-state index contributed by atoms with van der Waals surface area (Å²) in [5.41, 5.74) is 2.17. The van der Waals surface area contributed by atoms with Crippen LogP contribution in [0.4, 0.5) is 0 Å². The summed E-state index contributed by atoms with van der Waals surface area (Å²) in [5, 5.41) is 7.34. The van der Waals surface area contributed by atoms with Gasteiger partial charge in [-0.3, -0.25) is 9.59 Å². The van der Waals surface area contributed by atoms with Gasteiger partial charge in [0.2, 0.25) is 5.91 Å². The Balaban J connectivity index is 1.58. The monoisotopic (exact) mass is 431 g/mol. The molecule has 7 nitrogen and oxygen atoms in total. The summed E-state index contributed by atoms with van der Waals surface area (Å²) in [6.07, 6.45) is 3.08. The van der Waals surface area contributed by atoms with Gasteiger partial charge in [-0.25, -0.2) is 9.67 Å². The van der Waals surface area contributed by atoms with Crippen LogP contribution in [0.1, 0.15) is 28.9 Å². The predicted octanol–water partition coefficient (Wildman–Crippen LogP) is 3.52. The molecule has 9 heteroatoms. The van der Waals surface area contributed by atoms with Gasteiger partial charge in [0, 0.05) is 12.6 Å². The van der Waals surface area contributed by atoms with E-state index in [0.29, 0.717) is 10.6 Å². The van der Waals surface area contributed by atoms with Gasteiger partial charge < -0.3 is 10.2 Å². The van der Waals surface area contributed by atoms with E-state index in [1.165, 1.54) is 18.5 Å². The Labute approximate surface area is 178 Å². The topological polar surface area (TPSA) is 80.1 Å². The molecule has 0 fully saturated rings. The Kier molecular flexibility index (Phi) is 6.51. The van der Waals surface area contributed by atoms with Gasteiger partial charge in [-0.2, -0.15) is 5.10 Å². The number of nitrogens with zero attached hydrogens (tertiary/aromatic N) is 4. The van der Waals surface area contributed by atoms with Crippen molar-refractivity contribution in [2.45, 2.75) is 13.0 Å². The van der Waals surface area contributed by atoms with E-state index in [0.717, 1.165) is 11.3 Å². The van der Waals surface area contributed by atoms with Gasteiger partial charge >= 0.3 is 0 Å². The van der Waals surface area contributed by atoms with E-state index in [4.69, 9.17) is 23.2 Å². The van der Waals surface area contributed by atoms with E-state index in [9.17, 15) is 9.59 Å². The number of carbonyl (C=O) groups is 2. The first-order valence-electron chi connectivity index (χ1n) is 8.80. The van der Waals surface area contributed by atoms with Crippen molar-refractivity contribution in [1.82, 2.24) is 25.0 Å². The van der Waals surface area contributed by atoms with Gasteiger partial charge in [0.25, 0.3) is 5.91 Å². The van der Waals surface area contributed by atoms with Crippen molar-refractivity contribution in [2.24, 2.45) is 0 Å². The molecule has 3 aromatic rings. The molecule has 29 heavy (non-hydrogen) atoms. The highest BCUT2D eigenvalue weighted by molar-refractivity contribution is 6.42. The zero-order chi connectivity index (χ0) is 21.0. The molecule has 3 rings (SSSR count). The maximum Gasteiger partial charge on any atom is 0.251 e. The second-order valence-corrected chi connectivity index (χ2v) is 7.24. The highest BCUT2D eigenvalue weighted by Gasteiger charge is 2.18. The number of amides is 2. The van der Waals surface area contributed by atoms with Crippen molar-refractivity contribution < 1.29 is 9.59 Å². The molecule has 0 aliphatic carbocycles. The van der Waals surface area contributed by atoms with E-state index in [1.807, 2.05) is 31.2 Å². The van der Waals surface area contributed by atoms with Crippen molar-refractivity contribution >= 4 is 35.0 Å². The number of carbonyl (C=O) groups excluding carboxylic acids is 2. The molecule has 1 unspecified atom stereocenters. The Bertz CT molecular complexity index is 1010. The molecule has 1 aromatic heterocycles. The SMILES string of the molecule is CC(c1ccc(-n2cncn2)cc1)N(C)C(=O)CNC(=O)c1ccc(Cl)c(Cl)c1. The molecule has 0 aliphatic heterocycles. The largest absolute Gasteiger partial charge is 0.343 e. The predicted molar refractivity (Wildman–Crippen MR) is 111 cm³/mol. The minimum atomic E-state index is -0.393. The lowest BCUT2D eigenvalue weighted by Crippen LogP contribution is -2.39. The fourth-order valence-electron chi connectivity index (χ4n) is 2.71. The lowest BCUT2D eigenvalue weighted by Gasteiger charge is -2.25. The molecule has 1 N–H and O–H groups in total. The number of rotatable bonds is 6.